The molecule has 0 aromatic heterocycles. The van der Waals surface area contributed by atoms with Crippen LogP contribution in [-0.2, 0) is 0 Å². The normalized spacial score (nSPS) is 18.8. The third kappa shape index (κ3) is 3.20. The van der Waals surface area contributed by atoms with Crippen molar-refractivity contribution < 1.29 is 9.66 Å². The minimum Gasteiger partial charge on any atom is -0.487 e. The van der Waals surface area contributed by atoms with E-state index in [4.69, 9.17) is 4.74 Å². The van der Waals surface area contributed by atoms with Gasteiger partial charge < -0.3 is 10.1 Å². The quantitative estimate of drug-likeness (QED) is 0.643. The fourth-order valence-electron chi connectivity index (χ4n) is 2.19. The molecule has 0 saturated carbocycles. The molecule has 0 aliphatic carbocycles. The molecule has 98 valence electrons. The van der Waals surface area contributed by atoms with Crippen molar-refractivity contribution in [3.8, 4) is 5.75 Å². The SMILES string of the molecule is Cc1ccc(OCCC2CCNC2)c([N+](=O)[O-])c1. The molecule has 1 aliphatic heterocycles. The Morgan fingerprint density at radius 2 is 2.39 bits per heavy atom. The number of nitrogens with one attached hydrogen (secondary N) is 1. The van der Waals surface area contributed by atoms with Crippen molar-refractivity contribution in [1.29, 1.82) is 0 Å². The Hall–Kier alpha value is -1.62. The Balaban J connectivity index is 1.93. The number of hydrogen-bond donors (Lipinski definition) is 1. The van der Waals surface area contributed by atoms with Crippen LogP contribution in [0.2, 0.25) is 0 Å². The van der Waals surface area contributed by atoms with Gasteiger partial charge in [0, 0.05) is 6.07 Å². The highest BCUT2D eigenvalue weighted by molar-refractivity contribution is 5.48. The van der Waals surface area contributed by atoms with Gasteiger partial charge in [-0.2, -0.15) is 0 Å². The van der Waals surface area contributed by atoms with Gasteiger partial charge in [-0.05, 0) is 50.4 Å². The maximum atomic E-state index is 10.9. The van der Waals surface area contributed by atoms with E-state index in [9.17, 15) is 10.1 Å². The Kier molecular flexibility index (Phi) is 4.15. The van der Waals surface area contributed by atoms with Crippen molar-refractivity contribution in [2.45, 2.75) is 19.8 Å². The fraction of sp³-hybridized carbons (Fsp3) is 0.538. The van der Waals surface area contributed by atoms with Gasteiger partial charge in [-0.15, -0.1) is 0 Å². The molecule has 5 heteroatoms. The van der Waals surface area contributed by atoms with Gasteiger partial charge in [-0.25, -0.2) is 0 Å². The standard InChI is InChI=1S/C13H18N2O3/c1-10-2-3-13(12(8-10)15(16)17)18-7-5-11-4-6-14-9-11/h2-3,8,11,14H,4-7,9H2,1H3. The Labute approximate surface area is 106 Å². The van der Waals surface area contributed by atoms with E-state index in [0.29, 0.717) is 18.3 Å². The summed E-state index contributed by atoms with van der Waals surface area (Å²) in [6.07, 6.45) is 2.11. The van der Waals surface area contributed by atoms with E-state index in [1.54, 1.807) is 12.1 Å². The lowest BCUT2D eigenvalue weighted by molar-refractivity contribution is -0.385. The highest BCUT2D eigenvalue weighted by Gasteiger charge is 2.17. The van der Waals surface area contributed by atoms with Gasteiger partial charge in [0.15, 0.2) is 5.75 Å². The van der Waals surface area contributed by atoms with Crippen molar-refractivity contribution in [3.05, 3.63) is 33.9 Å². The number of nitrogens with zero attached hydrogens (tertiary/aromatic N) is 1. The number of ether oxygens (including phenoxy) is 1. The smallest absolute Gasteiger partial charge is 0.311 e. The van der Waals surface area contributed by atoms with Gasteiger partial charge in [0.05, 0.1) is 11.5 Å². The molecule has 1 aromatic rings. The first kappa shape index (κ1) is 12.8. The van der Waals surface area contributed by atoms with Crippen LogP contribution in [0.25, 0.3) is 0 Å². The Morgan fingerprint density at radius 1 is 1.56 bits per heavy atom. The Morgan fingerprint density at radius 3 is 3.06 bits per heavy atom. The molecular weight excluding hydrogens is 232 g/mol. The molecule has 1 saturated heterocycles. The van der Waals surface area contributed by atoms with Gasteiger partial charge in [0.2, 0.25) is 0 Å². The second-order valence-electron chi connectivity index (χ2n) is 4.72. The summed E-state index contributed by atoms with van der Waals surface area (Å²) < 4.78 is 5.55. The highest BCUT2D eigenvalue weighted by atomic mass is 16.6. The molecule has 1 heterocycles. The number of benzene rings is 1. The van der Waals surface area contributed by atoms with Gasteiger partial charge >= 0.3 is 5.69 Å². The minimum absolute atomic E-state index is 0.0551. The molecule has 1 aliphatic rings. The van der Waals surface area contributed by atoms with Crippen LogP contribution in [0.15, 0.2) is 18.2 Å². The lowest BCUT2D eigenvalue weighted by atomic mass is 10.1. The van der Waals surface area contributed by atoms with E-state index in [2.05, 4.69) is 5.32 Å². The molecule has 0 spiro atoms. The number of hydrogen-bond acceptors (Lipinski definition) is 4. The van der Waals surface area contributed by atoms with Crippen molar-refractivity contribution in [1.82, 2.24) is 5.32 Å². The molecule has 0 bridgehead atoms. The van der Waals surface area contributed by atoms with E-state index >= 15 is 0 Å². The van der Waals surface area contributed by atoms with E-state index in [1.165, 1.54) is 6.42 Å². The molecule has 18 heavy (non-hydrogen) atoms. The van der Waals surface area contributed by atoms with E-state index in [1.807, 2.05) is 13.0 Å². The summed E-state index contributed by atoms with van der Waals surface area (Å²) in [5, 5.41) is 14.2. The first-order valence-corrected chi connectivity index (χ1v) is 6.25. The van der Waals surface area contributed by atoms with Crippen LogP contribution >= 0.6 is 0 Å². The molecule has 1 N–H and O–H groups in total. The zero-order chi connectivity index (χ0) is 13.0. The van der Waals surface area contributed by atoms with Crippen molar-refractivity contribution in [3.63, 3.8) is 0 Å². The van der Waals surface area contributed by atoms with E-state index in [0.717, 1.165) is 25.1 Å². The summed E-state index contributed by atoms with van der Waals surface area (Å²) >= 11 is 0. The van der Waals surface area contributed by atoms with Crippen molar-refractivity contribution >= 4 is 5.69 Å². The summed E-state index contributed by atoms with van der Waals surface area (Å²) in [6, 6.07) is 5.06. The van der Waals surface area contributed by atoms with Gasteiger partial charge in [-0.1, -0.05) is 6.07 Å². The largest absolute Gasteiger partial charge is 0.487 e. The van der Waals surface area contributed by atoms with E-state index in [-0.39, 0.29) is 10.6 Å². The molecule has 1 fully saturated rings. The maximum absolute atomic E-state index is 10.9. The van der Waals surface area contributed by atoms with Gasteiger partial charge in [0.1, 0.15) is 0 Å². The molecule has 0 amide bonds. The lowest BCUT2D eigenvalue weighted by Crippen LogP contribution is -2.12. The summed E-state index contributed by atoms with van der Waals surface area (Å²) in [6.45, 7) is 4.46. The zero-order valence-corrected chi connectivity index (χ0v) is 10.5. The second kappa shape index (κ2) is 5.82. The molecule has 2 rings (SSSR count). The molecule has 5 nitrogen and oxygen atoms in total. The average Bonchev–Trinajstić information content (AvgIpc) is 2.84. The number of rotatable bonds is 5. The molecule has 1 atom stereocenters. The van der Waals surface area contributed by atoms with Crippen molar-refractivity contribution in [2.24, 2.45) is 5.92 Å². The van der Waals surface area contributed by atoms with Crippen LogP contribution in [0.3, 0.4) is 0 Å². The summed E-state index contributed by atoms with van der Waals surface area (Å²) in [7, 11) is 0. The van der Waals surface area contributed by atoms with Crippen LogP contribution in [0.1, 0.15) is 18.4 Å². The summed E-state index contributed by atoms with van der Waals surface area (Å²) in [5.74, 6) is 1.01. The van der Waals surface area contributed by atoms with Gasteiger partial charge in [-0.3, -0.25) is 10.1 Å². The van der Waals surface area contributed by atoms with Crippen LogP contribution in [-0.4, -0.2) is 24.6 Å². The fourth-order valence-corrected chi connectivity index (χ4v) is 2.19. The molecule has 0 radical (unpaired) electrons. The highest BCUT2D eigenvalue weighted by Crippen LogP contribution is 2.28. The van der Waals surface area contributed by atoms with Crippen LogP contribution in [0.4, 0.5) is 5.69 Å². The molecule has 1 aromatic carbocycles. The van der Waals surface area contributed by atoms with Crippen LogP contribution in [0, 0.1) is 23.0 Å². The van der Waals surface area contributed by atoms with Crippen LogP contribution < -0.4 is 10.1 Å². The monoisotopic (exact) mass is 250 g/mol. The summed E-state index contributed by atoms with van der Waals surface area (Å²) in [4.78, 5) is 10.5. The third-order valence-corrected chi connectivity index (χ3v) is 3.26. The number of nitro benzene ring substituents is 1. The number of aryl methyl sites for hydroxylation is 1. The predicted molar refractivity (Wildman–Crippen MR) is 68.9 cm³/mol. The lowest BCUT2D eigenvalue weighted by Gasteiger charge is -2.10. The minimum atomic E-state index is -0.389. The van der Waals surface area contributed by atoms with Crippen LogP contribution in [0.5, 0.6) is 5.75 Å². The predicted octanol–water partition coefficient (Wildman–Crippen LogP) is 2.28. The van der Waals surface area contributed by atoms with Gasteiger partial charge in [0.25, 0.3) is 0 Å². The molecule has 1 unspecified atom stereocenters. The first-order valence-electron chi connectivity index (χ1n) is 6.25. The summed E-state index contributed by atoms with van der Waals surface area (Å²) in [5.41, 5.74) is 0.925. The topological polar surface area (TPSA) is 64.4 Å². The maximum Gasteiger partial charge on any atom is 0.311 e. The zero-order valence-electron chi connectivity index (χ0n) is 10.5. The second-order valence-corrected chi connectivity index (χ2v) is 4.72. The Bertz CT molecular complexity index is 428. The average molecular weight is 250 g/mol. The first-order chi connectivity index (χ1) is 8.66. The third-order valence-electron chi connectivity index (χ3n) is 3.26. The van der Waals surface area contributed by atoms with E-state index < -0.39 is 0 Å². The van der Waals surface area contributed by atoms with Crippen molar-refractivity contribution in [2.75, 3.05) is 19.7 Å². The number of nitro groups is 1. The molecular formula is C13H18N2O3.